The summed E-state index contributed by atoms with van der Waals surface area (Å²) in [5.41, 5.74) is 2.87. The van der Waals surface area contributed by atoms with Crippen LogP contribution in [0.3, 0.4) is 0 Å². The van der Waals surface area contributed by atoms with Crippen LogP contribution >= 0.6 is 0 Å². The first-order valence-electron chi connectivity index (χ1n) is 10.7. The van der Waals surface area contributed by atoms with E-state index in [2.05, 4.69) is 23.7 Å². The largest absolute Gasteiger partial charge is 0.324 e. The van der Waals surface area contributed by atoms with Crippen LogP contribution in [-0.2, 0) is 12.0 Å². The fourth-order valence-electron chi connectivity index (χ4n) is 4.75. The van der Waals surface area contributed by atoms with Crippen LogP contribution in [0.2, 0.25) is 0 Å². The number of hydrogen-bond donors (Lipinski definition) is 0. The molecule has 0 aliphatic carbocycles. The molecule has 1 saturated heterocycles. The van der Waals surface area contributed by atoms with Crippen molar-refractivity contribution in [1.29, 1.82) is 5.26 Å². The number of hydrogen-bond acceptors (Lipinski definition) is 4. The fourth-order valence-corrected chi connectivity index (χ4v) is 4.75. The molecule has 1 aromatic heterocycles. The molecule has 2 aliphatic rings. The number of nitrogens with zero attached hydrogens (tertiary/aromatic N) is 5. The van der Waals surface area contributed by atoms with Gasteiger partial charge in [-0.3, -0.25) is 14.8 Å². The van der Waals surface area contributed by atoms with Crippen molar-refractivity contribution in [2.75, 3.05) is 31.6 Å². The maximum atomic E-state index is 13.7. The van der Waals surface area contributed by atoms with E-state index >= 15 is 0 Å². The van der Waals surface area contributed by atoms with Crippen LogP contribution in [-0.4, -0.2) is 53.5 Å². The predicted molar refractivity (Wildman–Crippen MR) is 117 cm³/mol. The van der Waals surface area contributed by atoms with Gasteiger partial charge in [-0.25, -0.2) is 9.18 Å². The number of carbonyl (C=O) groups is 1. The molecular weight excluding hydrogens is 393 g/mol. The molecule has 0 N–H and O–H groups in total. The summed E-state index contributed by atoms with van der Waals surface area (Å²) in [6, 6.07) is 10.7. The van der Waals surface area contributed by atoms with Crippen LogP contribution in [0, 0.1) is 17.1 Å². The lowest BCUT2D eigenvalue weighted by atomic mass is 9.91. The summed E-state index contributed by atoms with van der Waals surface area (Å²) in [4.78, 5) is 23.8. The number of piperidine rings is 1. The van der Waals surface area contributed by atoms with Crippen molar-refractivity contribution in [3.05, 3.63) is 59.2 Å². The van der Waals surface area contributed by atoms with Gasteiger partial charge in [0, 0.05) is 43.8 Å². The summed E-state index contributed by atoms with van der Waals surface area (Å²) in [5, 5.41) is 9.06. The van der Waals surface area contributed by atoms with E-state index in [9.17, 15) is 9.18 Å². The molecular formula is C24H28FN5O. The minimum absolute atomic E-state index is 0.0460. The summed E-state index contributed by atoms with van der Waals surface area (Å²) in [6.07, 6.45) is 3.51. The molecule has 6 nitrogen and oxygen atoms in total. The number of pyridine rings is 1. The number of fused-ring (bicyclic) bond motifs is 1. The van der Waals surface area contributed by atoms with Crippen molar-refractivity contribution in [1.82, 2.24) is 14.8 Å². The molecule has 0 saturated carbocycles. The van der Waals surface area contributed by atoms with Gasteiger partial charge in [-0.1, -0.05) is 13.8 Å². The molecule has 2 amide bonds. The van der Waals surface area contributed by atoms with Crippen molar-refractivity contribution in [3.8, 4) is 6.07 Å². The normalized spacial score (nSPS) is 18.2. The molecule has 0 radical (unpaired) electrons. The lowest BCUT2D eigenvalue weighted by Crippen LogP contribution is -2.50. The van der Waals surface area contributed by atoms with Gasteiger partial charge in [0.1, 0.15) is 5.82 Å². The van der Waals surface area contributed by atoms with Crippen molar-refractivity contribution < 1.29 is 9.18 Å². The maximum Gasteiger partial charge on any atom is 0.324 e. The van der Waals surface area contributed by atoms with Gasteiger partial charge in [-0.15, -0.1) is 0 Å². The lowest BCUT2D eigenvalue weighted by Gasteiger charge is -2.38. The highest BCUT2D eigenvalue weighted by Gasteiger charge is 2.41. The van der Waals surface area contributed by atoms with Crippen molar-refractivity contribution >= 4 is 11.7 Å². The number of likely N-dealkylation sites (tertiary alicyclic amines) is 1. The van der Waals surface area contributed by atoms with E-state index < -0.39 is 0 Å². The smallest absolute Gasteiger partial charge is 0.324 e. The Morgan fingerprint density at radius 2 is 2.06 bits per heavy atom. The molecule has 31 heavy (non-hydrogen) atoms. The minimum Gasteiger partial charge on any atom is -0.324 e. The van der Waals surface area contributed by atoms with Gasteiger partial charge in [-0.05, 0) is 55.8 Å². The number of benzene rings is 1. The fraction of sp³-hybridized carbons (Fsp3) is 0.458. The Morgan fingerprint density at radius 1 is 1.32 bits per heavy atom. The third kappa shape index (κ3) is 4.26. The van der Waals surface area contributed by atoms with Gasteiger partial charge >= 0.3 is 6.03 Å². The highest BCUT2D eigenvalue weighted by molar-refractivity contribution is 5.94. The Kier molecular flexibility index (Phi) is 5.67. The van der Waals surface area contributed by atoms with Crippen LogP contribution in [0.1, 0.15) is 43.5 Å². The molecule has 0 spiro atoms. The number of carbonyl (C=O) groups excluding carboxylic acids is 1. The number of nitriles is 1. The van der Waals surface area contributed by atoms with Crippen LogP contribution in [0.15, 0.2) is 36.5 Å². The molecule has 2 aromatic rings. The van der Waals surface area contributed by atoms with Gasteiger partial charge in [0.15, 0.2) is 0 Å². The average Bonchev–Trinajstić information content (AvgIpc) is 3.04. The number of anilines is 1. The zero-order chi connectivity index (χ0) is 22.2. The van der Waals surface area contributed by atoms with E-state index in [4.69, 9.17) is 5.26 Å². The molecule has 162 valence electrons. The Bertz CT molecular complexity index is 1020. The molecule has 0 atom stereocenters. The molecule has 1 aromatic carbocycles. The standard InChI is InChI=1S/C24H28FN5O/c1-24(2)16-30(21-5-4-8-27-22(21)24)23(31)29-9-6-20(7-10-29)28(3)15-18-11-17(14-26)12-19(25)13-18/h4-5,8,11-13,20H,6-7,9-10,15-16H2,1-3H3. The van der Waals surface area contributed by atoms with E-state index in [1.54, 1.807) is 12.3 Å². The lowest BCUT2D eigenvalue weighted by molar-refractivity contribution is 0.133. The number of rotatable bonds is 3. The molecule has 1 fully saturated rings. The van der Waals surface area contributed by atoms with Crippen molar-refractivity contribution in [2.45, 2.75) is 44.7 Å². The van der Waals surface area contributed by atoms with E-state index in [-0.39, 0.29) is 17.3 Å². The maximum absolute atomic E-state index is 13.7. The molecule has 4 rings (SSSR count). The number of halogens is 1. The van der Waals surface area contributed by atoms with E-state index in [0.717, 1.165) is 29.8 Å². The van der Waals surface area contributed by atoms with E-state index in [1.165, 1.54) is 12.1 Å². The highest BCUT2D eigenvalue weighted by atomic mass is 19.1. The Balaban J connectivity index is 1.37. The Hall–Kier alpha value is -2.98. The average molecular weight is 422 g/mol. The Labute approximate surface area is 182 Å². The quantitative estimate of drug-likeness (QED) is 0.754. The van der Waals surface area contributed by atoms with Crippen LogP contribution in [0.5, 0.6) is 0 Å². The highest BCUT2D eigenvalue weighted by Crippen LogP contribution is 2.39. The van der Waals surface area contributed by atoms with Gasteiger partial charge in [0.25, 0.3) is 0 Å². The number of urea groups is 1. The second-order valence-corrected chi connectivity index (χ2v) is 9.22. The first-order valence-corrected chi connectivity index (χ1v) is 10.7. The number of aromatic nitrogens is 1. The number of amides is 2. The first kappa shape index (κ1) is 21.3. The predicted octanol–water partition coefficient (Wildman–Crippen LogP) is 3.91. The Morgan fingerprint density at radius 3 is 2.77 bits per heavy atom. The molecule has 0 bridgehead atoms. The van der Waals surface area contributed by atoms with E-state index in [1.807, 2.05) is 35.0 Å². The monoisotopic (exact) mass is 421 g/mol. The third-order valence-electron chi connectivity index (χ3n) is 6.38. The summed E-state index contributed by atoms with van der Waals surface area (Å²) in [7, 11) is 2.02. The SMILES string of the molecule is CN(Cc1cc(F)cc(C#N)c1)C1CCN(C(=O)N2CC(C)(C)c3ncccc32)CC1. The van der Waals surface area contributed by atoms with Crippen molar-refractivity contribution in [3.63, 3.8) is 0 Å². The van der Waals surface area contributed by atoms with Crippen molar-refractivity contribution in [2.24, 2.45) is 0 Å². The molecule has 2 aliphatic heterocycles. The zero-order valence-corrected chi connectivity index (χ0v) is 18.3. The second kappa shape index (κ2) is 8.27. The minimum atomic E-state index is -0.383. The van der Waals surface area contributed by atoms with Gasteiger partial charge in [0.2, 0.25) is 0 Å². The van der Waals surface area contributed by atoms with E-state index in [0.29, 0.717) is 37.8 Å². The van der Waals surface area contributed by atoms with Crippen LogP contribution < -0.4 is 4.90 Å². The summed E-state index contributed by atoms with van der Waals surface area (Å²) >= 11 is 0. The first-order chi connectivity index (χ1) is 14.8. The molecule has 3 heterocycles. The van der Waals surface area contributed by atoms with Gasteiger partial charge in [0.05, 0.1) is 23.0 Å². The zero-order valence-electron chi connectivity index (χ0n) is 18.3. The van der Waals surface area contributed by atoms with Gasteiger partial charge in [-0.2, -0.15) is 5.26 Å². The third-order valence-corrected chi connectivity index (χ3v) is 6.38. The van der Waals surface area contributed by atoms with Gasteiger partial charge < -0.3 is 4.90 Å². The topological polar surface area (TPSA) is 63.5 Å². The summed E-state index contributed by atoms with van der Waals surface area (Å²) in [6.45, 7) is 6.83. The molecule has 7 heteroatoms. The summed E-state index contributed by atoms with van der Waals surface area (Å²) < 4.78 is 13.7. The van der Waals surface area contributed by atoms with Crippen LogP contribution in [0.4, 0.5) is 14.9 Å². The molecule has 0 unspecified atom stereocenters. The second-order valence-electron chi connectivity index (χ2n) is 9.22. The van der Waals surface area contributed by atoms with Crippen LogP contribution in [0.25, 0.3) is 0 Å². The summed E-state index contributed by atoms with van der Waals surface area (Å²) in [5.74, 6) is -0.383.